The maximum Gasteiger partial charge on any atom is 0.253 e. The van der Waals surface area contributed by atoms with Gasteiger partial charge in [0.05, 0.1) is 6.20 Å². The summed E-state index contributed by atoms with van der Waals surface area (Å²) >= 11 is 0. The van der Waals surface area contributed by atoms with Crippen molar-refractivity contribution in [2.45, 2.75) is 18.9 Å². The molecule has 7 heteroatoms. The molecule has 0 atom stereocenters. The average Bonchev–Trinajstić information content (AvgIpc) is 3.10. The summed E-state index contributed by atoms with van der Waals surface area (Å²) in [6, 6.07) is 5.30. The molecule has 0 radical (unpaired) electrons. The molecule has 1 aromatic heterocycles. The van der Waals surface area contributed by atoms with E-state index >= 15 is 0 Å². The summed E-state index contributed by atoms with van der Waals surface area (Å²) in [5.74, 6) is 1.84. The number of carbonyl (C=O) groups excluding carboxylic acids is 1. The quantitative estimate of drug-likeness (QED) is 0.857. The van der Waals surface area contributed by atoms with Crippen LogP contribution < -0.4 is 14.2 Å². The Labute approximate surface area is 139 Å². The molecule has 1 fully saturated rings. The number of hydrogen-bond acceptors (Lipinski definition) is 6. The van der Waals surface area contributed by atoms with Gasteiger partial charge in [0.25, 0.3) is 5.91 Å². The highest BCUT2D eigenvalue weighted by molar-refractivity contribution is 5.95. The van der Waals surface area contributed by atoms with Gasteiger partial charge >= 0.3 is 0 Å². The number of carbonyl (C=O) groups is 1. The van der Waals surface area contributed by atoms with Crippen LogP contribution in [0.15, 0.2) is 36.8 Å². The van der Waals surface area contributed by atoms with Crippen molar-refractivity contribution in [1.29, 1.82) is 0 Å². The van der Waals surface area contributed by atoms with E-state index in [-0.39, 0.29) is 18.8 Å². The van der Waals surface area contributed by atoms with E-state index < -0.39 is 0 Å². The first-order chi connectivity index (χ1) is 11.8. The third-order valence-electron chi connectivity index (χ3n) is 4.18. The van der Waals surface area contributed by atoms with Crippen LogP contribution in [0, 0.1) is 0 Å². The van der Waals surface area contributed by atoms with Crippen LogP contribution in [0.1, 0.15) is 23.2 Å². The normalized spacial score (nSPS) is 16.9. The fourth-order valence-corrected chi connectivity index (χ4v) is 2.91. The Hall–Kier alpha value is -2.83. The Bertz CT molecular complexity index is 730. The van der Waals surface area contributed by atoms with Gasteiger partial charge in [-0.05, 0) is 18.2 Å². The zero-order valence-corrected chi connectivity index (χ0v) is 13.1. The maximum absolute atomic E-state index is 12.6. The van der Waals surface area contributed by atoms with Gasteiger partial charge in [0.1, 0.15) is 6.10 Å². The number of benzene rings is 1. The summed E-state index contributed by atoms with van der Waals surface area (Å²) < 4.78 is 16.4. The lowest BCUT2D eigenvalue weighted by molar-refractivity contribution is 0.0586. The van der Waals surface area contributed by atoms with E-state index in [2.05, 4.69) is 9.97 Å². The molecule has 1 aromatic carbocycles. The Morgan fingerprint density at radius 1 is 1.17 bits per heavy atom. The summed E-state index contributed by atoms with van der Waals surface area (Å²) in [5.41, 5.74) is 0.618. The fraction of sp³-hybridized carbons (Fsp3) is 0.353. The Kier molecular flexibility index (Phi) is 3.90. The minimum absolute atomic E-state index is 0.00579. The van der Waals surface area contributed by atoms with Gasteiger partial charge in [-0.15, -0.1) is 0 Å². The molecule has 0 spiro atoms. The van der Waals surface area contributed by atoms with E-state index in [0.717, 1.165) is 12.8 Å². The summed E-state index contributed by atoms with van der Waals surface area (Å²) in [6.07, 6.45) is 6.42. The molecule has 7 nitrogen and oxygen atoms in total. The second-order valence-electron chi connectivity index (χ2n) is 5.72. The highest BCUT2D eigenvalue weighted by Gasteiger charge is 2.26. The predicted molar refractivity (Wildman–Crippen MR) is 84.2 cm³/mol. The zero-order valence-electron chi connectivity index (χ0n) is 13.1. The van der Waals surface area contributed by atoms with Crippen molar-refractivity contribution in [3.63, 3.8) is 0 Å². The van der Waals surface area contributed by atoms with Gasteiger partial charge in [-0.1, -0.05) is 0 Å². The van der Waals surface area contributed by atoms with Gasteiger partial charge in [-0.25, -0.2) is 4.98 Å². The summed E-state index contributed by atoms with van der Waals surface area (Å²) in [7, 11) is 0. The van der Waals surface area contributed by atoms with Gasteiger partial charge in [0, 0.05) is 43.9 Å². The van der Waals surface area contributed by atoms with Crippen molar-refractivity contribution >= 4 is 5.91 Å². The largest absolute Gasteiger partial charge is 0.473 e. The molecule has 0 saturated carbocycles. The highest BCUT2D eigenvalue weighted by atomic mass is 16.7. The first-order valence-electron chi connectivity index (χ1n) is 7.91. The minimum atomic E-state index is 0.00579. The summed E-state index contributed by atoms with van der Waals surface area (Å²) in [4.78, 5) is 22.6. The lowest BCUT2D eigenvalue weighted by atomic mass is 10.1. The second-order valence-corrected chi connectivity index (χ2v) is 5.72. The van der Waals surface area contributed by atoms with Gasteiger partial charge in [-0.3, -0.25) is 9.78 Å². The van der Waals surface area contributed by atoms with E-state index in [1.165, 1.54) is 0 Å². The van der Waals surface area contributed by atoms with E-state index in [1.54, 1.807) is 36.8 Å². The van der Waals surface area contributed by atoms with Crippen molar-refractivity contribution < 1.29 is 19.0 Å². The molecule has 0 unspecified atom stereocenters. The van der Waals surface area contributed by atoms with Crippen LogP contribution in [-0.2, 0) is 0 Å². The lowest BCUT2D eigenvalue weighted by Gasteiger charge is -2.31. The standard InChI is InChI=1S/C17H17N3O4/c21-17(12-1-2-14-15(9-12)23-11-22-14)20-7-3-13(4-8-20)24-16-10-18-5-6-19-16/h1-2,5-6,9-10,13H,3-4,7-8,11H2. The van der Waals surface area contributed by atoms with Crippen LogP contribution in [0.3, 0.4) is 0 Å². The number of ether oxygens (including phenoxy) is 3. The molecule has 2 aliphatic heterocycles. The highest BCUT2D eigenvalue weighted by Crippen LogP contribution is 2.33. The molecule has 4 rings (SSSR count). The van der Waals surface area contributed by atoms with E-state index in [1.807, 2.05) is 4.90 Å². The molecule has 0 bridgehead atoms. The van der Waals surface area contributed by atoms with Crippen molar-refractivity contribution in [2.75, 3.05) is 19.9 Å². The number of aromatic nitrogens is 2. The Morgan fingerprint density at radius 2 is 2.00 bits per heavy atom. The third kappa shape index (κ3) is 2.97. The molecule has 24 heavy (non-hydrogen) atoms. The van der Waals surface area contributed by atoms with Crippen molar-refractivity contribution in [3.05, 3.63) is 42.4 Å². The van der Waals surface area contributed by atoms with Crippen LogP contribution in [0.4, 0.5) is 0 Å². The molecular formula is C17H17N3O4. The molecule has 2 aromatic rings. The molecule has 2 aliphatic rings. The van der Waals surface area contributed by atoms with Gasteiger partial charge in [0.15, 0.2) is 11.5 Å². The topological polar surface area (TPSA) is 73.8 Å². The van der Waals surface area contributed by atoms with Crippen LogP contribution in [0.25, 0.3) is 0 Å². The number of likely N-dealkylation sites (tertiary alicyclic amines) is 1. The maximum atomic E-state index is 12.6. The summed E-state index contributed by atoms with van der Waals surface area (Å²) in [6.45, 7) is 1.51. The lowest BCUT2D eigenvalue weighted by Crippen LogP contribution is -2.41. The van der Waals surface area contributed by atoms with E-state index in [4.69, 9.17) is 14.2 Å². The fourth-order valence-electron chi connectivity index (χ4n) is 2.91. The SMILES string of the molecule is O=C(c1ccc2c(c1)OCO2)N1CCC(Oc2cnccn2)CC1. The molecule has 124 valence electrons. The van der Waals surface area contributed by atoms with Crippen LogP contribution in [0.2, 0.25) is 0 Å². The van der Waals surface area contributed by atoms with Crippen molar-refractivity contribution in [1.82, 2.24) is 14.9 Å². The van der Waals surface area contributed by atoms with Crippen LogP contribution >= 0.6 is 0 Å². The smallest absolute Gasteiger partial charge is 0.253 e. The molecule has 0 N–H and O–H groups in total. The first-order valence-corrected chi connectivity index (χ1v) is 7.91. The zero-order chi connectivity index (χ0) is 16.4. The molecule has 3 heterocycles. The van der Waals surface area contributed by atoms with Crippen LogP contribution in [0.5, 0.6) is 17.4 Å². The Morgan fingerprint density at radius 3 is 2.79 bits per heavy atom. The third-order valence-corrected chi connectivity index (χ3v) is 4.18. The van der Waals surface area contributed by atoms with Gasteiger partial charge < -0.3 is 19.1 Å². The number of piperidine rings is 1. The van der Waals surface area contributed by atoms with Crippen molar-refractivity contribution in [3.8, 4) is 17.4 Å². The average molecular weight is 327 g/mol. The van der Waals surface area contributed by atoms with E-state index in [9.17, 15) is 4.79 Å². The first kappa shape index (κ1) is 14.7. The second kappa shape index (κ2) is 6.35. The van der Waals surface area contributed by atoms with Gasteiger partial charge in [-0.2, -0.15) is 0 Å². The molecule has 1 amide bonds. The number of amides is 1. The number of rotatable bonds is 3. The monoisotopic (exact) mass is 327 g/mol. The minimum Gasteiger partial charge on any atom is -0.473 e. The van der Waals surface area contributed by atoms with Gasteiger partial charge in [0.2, 0.25) is 12.7 Å². The molecule has 0 aliphatic carbocycles. The number of nitrogens with zero attached hydrogens (tertiary/aromatic N) is 3. The number of hydrogen-bond donors (Lipinski definition) is 0. The van der Waals surface area contributed by atoms with E-state index in [0.29, 0.717) is 36.0 Å². The predicted octanol–water partition coefficient (Wildman–Crippen LogP) is 1.89. The van der Waals surface area contributed by atoms with Crippen molar-refractivity contribution in [2.24, 2.45) is 0 Å². The summed E-state index contributed by atoms with van der Waals surface area (Å²) in [5, 5.41) is 0. The molecular weight excluding hydrogens is 310 g/mol. The van der Waals surface area contributed by atoms with Crippen LogP contribution in [-0.4, -0.2) is 46.8 Å². The Balaban J connectivity index is 1.36. The molecule has 1 saturated heterocycles. The number of fused-ring (bicyclic) bond motifs is 1.